The van der Waals surface area contributed by atoms with E-state index in [0.717, 1.165) is 5.56 Å². The lowest BCUT2D eigenvalue weighted by Crippen LogP contribution is -2.06. The second-order valence-electron chi connectivity index (χ2n) is 6.37. The van der Waals surface area contributed by atoms with Crippen LogP contribution in [0.4, 0.5) is 10.2 Å². The van der Waals surface area contributed by atoms with E-state index in [2.05, 4.69) is 20.1 Å². The van der Waals surface area contributed by atoms with Gasteiger partial charge in [0.2, 0.25) is 5.88 Å². The van der Waals surface area contributed by atoms with Gasteiger partial charge >= 0.3 is 0 Å². The number of pyridine rings is 1. The summed E-state index contributed by atoms with van der Waals surface area (Å²) in [6, 6.07) is 11.8. The Morgan fingerprint density at radius 3 is 2.50 bits per heavy atom. The first kappa shape index (κ1) is 19.3. The predicted molar refractivity (Wildman–Crippen MR) is 110 cm³/mol. The van der Waals surface area contributed by atoms with Crippen molar-refractivity contribution >= 4 is 5.82 Å². The third-order valence-electron chi connectivity index (χ3n) is 4.51. The van der Waals surface area contributed by atoms with Crippen LogP contribution in [0.15, 0.2) is 54.9 Å². The van der Waals surface area contributed by atoms with Gasteiger partial charge in [-0.15, -0.1) is 0 Å². The molecule has 0 aliphatic rings. The highest BCUT2D eigenvalue weighted by atomic mass is 19.1. The van der Waals surface area contributed by atoms with Crippen LogP contribution in [0.1, 0.15) is 5.56 Å². The molecule has 1 aromatic carbocycles. The fourth-order valence-corrected chi connectivity index (χ4v) is 3.06. The van der Waals surface area contributed by atoms with Gasteiger partial charge in [-0.25, -0.2) is 19.0 Å². The minimum atomic E-state index is -0.318. The first-order chi connectivity index (χ1) is 14.6. The first-order valence-electron chi connectivity index (χ1n) is 9.08. The van der Waals surface area contributed by atoms with Crippen LogP contribution >= 0.6 is 0 Å². The van der Waals surface area contributed by atoms with Crippen LogP contribution in [0.2, 0.25) is 0 Å². The summed E-state index contributed by atoms with van der Waals surface area (Å²) in [6.07, 6.45) is 3.30. The van der Waals surface area contributed by atoms with E-state index in [4.69, 9.17) is 15.2 Å². The van der Waals surface area contributed by atoms with E-state index in [0.29, 0.717) is 34.4 Å². The summed E-state index contributed by atoms with van der Waals surface area (Å²) >= 11 is 0. The standard InChI is InChI=1S/C21H19FN6O2/c1-29-17-11-16(27-28(17)12-14-5-3-4-6-15(14)22)21-25-18(13-7-9-24-10-8-13)19(30-2)20(23)26-21/h3-11H,12H2,1-2H3,(H2,23,25,26). The maximum Gasteiger partial charge on any atom is 0.212 e. The van der Waals surface area contributed by atoms with Crippen molar-refractivity contribution in [2.45, 2.75) is 6.54 Å². The Hall–Kier alpha value is -4.01. The lowest BCUT2D eigenvalue weighted by molar-refractivity contribution is 0.365. The molecule has 0 fully saturated rings. The number of methoxy groups -OCH3 is 2. The predicted octanol–water partition coefficient (Wildman–Crippen LogP) is 3.19. The highest BCUT2D eigenvalue weighted by Crippen LogP contribution is 2.34. The Balaban J connectivity index is 1.78. The number of aromatic nitrogens is 5. The van der Waals surface area contributed by atoms with E-state index >= 15 is 0 Å². The third kappa shape index (κ3) is 3.64. The van der Waals surface area contributed by atoms with Crippen molar-refractivity contribution in [1.82, 2.24) is 24.7 Å². The summed E-state index contributed by atoms with van der Waals surface area (Å²) in [5, 5.41) is 4.51. The number of hydrogen-bond donors (Lipinski definition) is 1. The summed E-state index contributed by atoms with van der Waals surface area (Å²) < 4.78 is 26.4. The summed E-state index contributed by atoms with van der Waals surface area (Å²) in [5.41, 5.74) is 8.33. The minimum Gasteiger partial charge on any atom is -0.491 e. The number of rotatable bonds is 6. The normalized spacial score (nSPS) is 10.8. The molecule has 0 saturated heterocycles. The molecule has 0 unspecified atom stereocenters. The molecule has 0 spiro atoms. The molecule has 0 atom stereocenters. The molecule has 152 valence electrons. The SMILES string of the molecule is COc1c(N)nc(-c2cc(OC)n(Cc3ccccc3F)n2)nc1-c1ccncc1. The molecular weight excluding hydrogens is 387 g/mol. The van der Waals surface area contributed by atoms with Crippen molar-refractivity contribution in [1.29, 1.82) is 0 Å². The number of benzene rings is 1. The van der Waals surface area contributed by atoms with Crippen LogP contribution in [0.5, 0.6) is 11.6 Å². The third-order valence-corrected chi connectivity index (χ3v) is 4.51. The van der Waals surface area contributed by atoms with E-state index in [1.165, 1.54) is 20.3 Å². The van der Waals surface area contributed by atoms with Gasteiger partial charge in [0.05, 0.1) is 20.8 Å². The number of nitrogens with zero attached hydrogens (tertiary/aromatic N) is 5. The van der Waals surface area contributed by atoms with Crippen LogP contribution in [0.25, 0.3) is 22.8 Å². The van der Waals surface area contributed by atoms with E-state index in [1.807, 2.05) is 0 Å². The Kier molecular flexibility index (Phi) is 5.25. The molecule has 0 amide bonds. The largest absolute Gasteiger partial charge is 0.491 e. The Morgan fingerprint density at radius 1 is 1.03 bits per heavy atom. The molecule has 0 saturated carbocycles. The zero-order valence-corrected chi connectivity index (χ0v) is 16.4. The van der Waals surface area contributed by atoms with Gasteiger partial charge in [-0.05, 0) is 18.2 Å². The van der Waals surface area contributed by atoms with Gasteiger partial charge in [0.15, 0.2) is 17.4 Å². The van der Waals surface area contributed by atoms with Crippen molar-refractivity contribution in [2.24, 2.45) is 0 Å². The smallest absolute Gasteiger partial charge is 0.212 e. The number of ether oxygens (including phenoxy) is 2. The molecule has 4 aromatic rings. The first-order valence-corrected chi connectivity index (χ1v) is 9.08. The fourth-order valence-electron chi connectivity index (χ4n) is 3.06. The molecule has 2 N–H and O–H groups in total. The van der Waals surface area contributed by atoms with Gasteiger partial charge in [0, 0.05) is 29.6 Å². The summed E-state index contributed by atoms with van der Waals surface area (Å²) in [6.45, 7) is 0.193. The van der Waals surface area contributed by atoms with Gasteiger partial charge in [0.25, 0.3) is 0 Å². The van der Waals surface area contributed by atoms with E-state index in [9.17, 15) is 4.39 Å². The van der Waals surface area contributed by atoms with Gasteiger partial charge < -0.3 is 15.2 Å². The van der Waals surface area contributed by atoms with Crippen molar-refractivity contribution in [3.05, 3.63) is 66.2 Å². The van der Waals surface area contributed by atoms with Crippen molar-refractivity contribution in [2.75, 3.05) is 20.0 Å². The summed E-state index contributed by atoms with van der Waals surface area (Å²) in [5.74, 6) is 0.962. The van der Waals surface area contributed by atoms with Crippen LogP contribution in [-0.4, -0.2) is 39.0 Å². The molecule has 0 aliphatic heterocycles. The highest BCUT2D eigenvalue weighted by molar-refractivity contribution is 5.74. The summed E-state index contributed by atoms with van der Waals surface area (Å²) in [7, 11) is 3.02. The fraction of sp³-hybridized carbons (Fsp3) is 0.143. The maximum absolute atomic E-state index is 14.1. The van der Waals surface area contributed by atoms with Gasteiger partial charge in [-0.1, -0.05) is 18.2 Å². The molecule has 0 aliphatic carbocycles. The topological polar surface area (TPSA) is 101 Å². The molecule has 8 nitrogen and oxygen atoms in total. The molecule has 0 radical (unpaired) electrons. The number of anilines is 1. The zero-order valence-electron chi connectivity index (χ0n) is 16.4. The molecule has 9 heteroatoms. The molecule has 3 heterocycles. The second-order valence-corrected chi connectivity index (χ2v) is 6.37. The Morgan fingerprint density at radius 2 is 1.80 bits per heavy atom. The zero-order chi connectivity index (χ0) is 21.1. The molecule has 4 rings (SSSR count). The molecule has 30 heavy (non-hydrogen) atoms. The average Bonchev–Trinajstić information content (AvgIpc) is 3.18. The van der Waals surface area contributed by atoms with Crippen LogP contribution < -0.4 is 15.2 Å². The lowest BCUT2D eigenvalue weighted by atomic mass is 10.1. The summed E-state index contributed by atoms with van der Waals surface area (Å²) in [4.78, 5) is 13.0. The quantitative estimate of drug-likeness (QED) is 0.525. The average molecular weight is 406 g/mol. The molecule has 3 aromatic heterocycles. The van der Waals surface area contributed by atoms with E-state index in [-0.39, 0.29) is 18.2 Å². The monoisotopic (exact) mass is 406 g/mol. The molecular formula is C21H19FN6O2. The minimum absolute atomic E-state index is 0.178. The van der Waals surface area contributed by atoms with Crippen molar-refractivity contribution < 1.29 is 13.9 Å². The highest BCUT2D eigenvalue weighted by Gasteiger charge is 2.19. The van der Waals surface area contributed by atoms with Crippen LogP contribution in [-0.2, 0) is 6.54 Å². The van der Waals surface area contributed by atoms with Crippen molar-refractivity contribution in [3.63, 3.8) is 0 Å². The van der Waals surface area contributed by atoms with Crippen LogP contribution in [0, 0.1) is 5.82 Å². The number of hydrogen-bond acceptors (Lipinski definition) is 7. The number of nitrogen functional groups attached to an aromatic ring is 1. The lowest BCUT2D eigenvalue weighted by Gasteiger charge is -2.11. The van der Waals surface area contributed by atoms with E-state index in [1.54, 1.807) is 53.5 Å². The van der Waals surface area contributed by atoms with Crippen molar-refractivity contribution in [3.8, 4) is 34.4 Å². The second kappa shape index (κ2) is 8.16. The van der Waals surface area contributed by atoms with Gasteiger partial charge in [-0.3, -0.25) is 4.98 Å². The van der Waals surface area contributed by atoms with Gasteiger partial charge in [0.1, 0.15) is 17.2 Å². The Labute approximate surface area is 172 Å². The Bertz CT molecular complexity index is 1180. The van der Waals surface area contributed by atoms with Gasteiger partial charge in [-0.2, -0.15) is 5.10 Å². The number of nitrogens with two attached hydrogens (primary N) is 1. The maximum atomic E-state index is 14.1. The number of halogens is 1. The molecule has 0 bridgehead atoms. The van der Waals surface area contributed by atoms with Crippen LogP contribution in [0.3, 0.4) is 0 Å². The van der Waals surface area contributed by atoms with E-state index < -0.39 is 0 Å².